The molecule has 0 aliphatic carbocycles. The monoisotopic (exact) mass is 260 g/mol. The minimum atomic E-state index is -0.829. The fourth-order valence-corrected chi connectivity index (χ4v) is 2.35. The Hall–Kier alpha value is -2.03. The highest BCUT2D eigenvalue weighted by Crippen LogP contribution is 2.22. The van der Waals surface area contributed by atoms with Crippen LogP contribution in [0.15, 0.2) is 30.3 Å². The number of hydrogen-bond acceptors (Lipinski definition) is 1. The van der Waals surface area contributed by atoms with Gasteiger partial charge in [0.2, 0.25) is 0 Å². The van der Waals surface area contributed by atoms with Gasteiger partial charge in [-0.15, -0.1) is 0 Å². The third-order valence-electron chi connectivity index (χ3n) is 3.08. The zero-order valence-corrected chi connectivity index (χ0v) is 11.1. The third-order valence-corrected chi connectivity index (χ3v) is 3.08. The molecular formula is C16H14F2O. The average Bonchev–Trinajstić information content (AvgIpc) is 2.26. The van der Waals surface area contributed by atoms with E-state index in [1.807, 2.05) is 32.9 Å². The van der Waals surface area contributed by atoms with Gasteiger partial charge in [0.15, 0.2) is 5.78 Å². The van der Waals surface area contributed by atoms with Crippen molar-refractivity contribution >= 4 is 5.78 Å². The van der Waals surface area contributed by atoms with Gasteiger partial charge in [0, 0.05) is 11.6 Å². The van der Waals surface area contributed by atoms with E-state index in [0.29, 0.717) is 5.56 Å². The predicted octanol–water partition coefficient (Wildman–Crippen LogP) is 4.12. The number of halogens is 2. The normalized spacial score (nSPS) is 10.6. The summed E-state index contributed by atoms with van der Waals surface area (Å²) >= 11 is 0. The molecule has 0 aliphatic rings. The first-order valence-corrected chi connectivity index (χ1v) is 5.97. The van der Waals surface area contributed by atoms with E-state index in [-0.39, 0.29) is 5.56 Å². The Labute approximate surface area is 110 Å². The van der Waals surface area contributed by atoms with Crippen LogP contribution in [0, 0.1) is 32.4 Å². The molecule has 3 heteroatoms. The van der Waals surface area contributed by atoms with Gasteiger partial charge in [-0.05, 0) is 44.0 Å². The highest BCUT2D eigenvalue weighted by molar-refractivity contribution is 6.11. The second-order valence-corrected chi connectivity index (χ2v) is 4.73. The Morgan fingerprint density at radius 3 is 2.05 bits per heavy atom. The lowest BCUT2D eigenvalue weighted by Gasteiger charge is -2.11. The number of hydrogen-bond donors (Lipinski definition) is 0. The minimum absolute atomic E-state index is 0.101. The second kappa shape index (κ2) is 4.92. The number of carbonyl (C=O) groups is 1. The van der Waals surface area contributed by atoms with Gasteiger partial charge in [-0.1, -0.05) is 17.7 Å². The van der Waals surface area contributed by atoms with E-state index in [1.54, 1.807) is 0 Å². The van der Waals surface area contributed by atoms with Gasteiger partial charge < -0.3 is 0 Å². The van der Waals surface area contributed by atoms with E-state index in [4.69, 9.17) is 0 Å². The zero-order chi connectivity index (χ0) is 14.2. The maximum absolute atomic E-state index is 13.7. The second-order valence-electron chi connectivity index (χ2n) is 4.73. The van der Waals surface area contributed by atoms with Crippen LogP contribution in [0.3, 0.4) is 0 Å². The van der Waals surface area contributed by atoms with Gasteiger partial charge in [-0.2, -0.15) is 0 Å². The summed E-state index contributed by atoms with van der Waals surface area (Å²) in [5, 5.41) is 0. The van der Waals surface area contributed by atoms with E-state index in [1.165, 1.54) is 6.07 Å². The maximum atomic E-state index is 13.7. The molecule has 0 amide bonds. The Balaban J connectivity index is 2.56. The van der Waals surface area contributed by atoms with E-state index in [0.717, 1.165) is 28.8 Å². The predicted molar refractivity (Wildman–Crippen MR) is 70.4 cm³/mol. The first kappa shape index (κ1) is 13.4. The Bertz CT molecular complexity index is 637. The van der Waals surface area contributed by atoms with Crippen molar-refractivity contribution in [1.29, 1.82) is 0 Å². The van der Waals surface area contributed by atoms with Gasteiger partial charge in [-0.25, -0.2) is 8.78 Å². The average molecular weight is 260 g/mol. The van der Waals surface area contributed by atoms with Crippen LogP contribution in [0.2, 0.25) is 0 Å². The molecule has 2 rings (SSSR count). The van der Waals surface area contributed by atoms with Crippen LogP contribution in [0.25, 0.3) is 0 Å². The van der Waals surface area contributed by atoms with Crippen LogP contribution in [-0.4, -0.2) is 5.78 Å². The molecule has 0 bridgehead atoms. The quantitative estimate of drug-likeness (QED) is 0.742. The summed E-state index contributed by atoms with van der Waals surface area (Å²) in [7, 11) is 0. The first-order chi connectivity index (χ1) is 8.90. The molecule has 0 atom stereocenters. The molecule has 0 unspecified atom stereocenters. The number of aryl methyl sites for hydroxylation is 3. The SMILES string of the molecule is Cc1cc(C)c(C(=O)c2ccc(F)cc2F)c(C)c1. The first-order valence-electron chi connectivity index (χ1n) is 5.97. The maximum Gasteiger partial charge on any atom is 0.196 e. The molecule has 0 spiro atoms. The summed E-state index contributed by atoms with van der Waals surface area (Å²) in [4.78, 5) is 12.4. The summed E-state index contributed by atoms with van der Waals surface area (Å²) in [5.74, 6) is -1.93. The number of carbonyl (C=O) groups excluding carboxylic acids is 1. The molecule has 0 saturated heterocycles. The molecule has 0 radical (unpaired) electrons. The van der Waals surface area contributed by atoms with Gasteiger partial charge in [0.25, 0.3) is 0 Å². The van der Waals surface area contributed by atoms with Crippen LogP contribution in [0.4, 0.5) is 8.78 Å². The number of ketones is 1. The summed E-state index contributed by atoms with van der Waals surface area (Å²) in [6.45, 7) is 5.57. The lowest BCUT2D eigenvalue weighted by molar-refractivity contribution is 0.103. The third kappa shape index (κ3) is 2.55. The molecule has 0 fully saturated rings. The van der Waals surface area contributed by atoms with Crippen LogP contribution >= 0.6 is 0 Å². The van der Waals surface area contributed by atoms with Gasteiger partial charge in [-0.3, -0.25) is 4.79 Å². The van der Waals surface area contributed by atoms with Crippen molar-refractivity contribution in [2.24, 2.45) is 0 Å². The van der Waals surface area contributed by atoms with Gasteiger partial charge in [0.05, 0.1) is 5.56 Å². The fourth-order valence-electron chi connectivity index (χ4n) is 2.35. The van der Waals surface area contributed by atoms with Crippen LogP contribution in [0.5, 0.6) is 0 Å². The van der Waals surface area contributed by atoms with Crippen molar-refractivity contribution < 1.29 is 13.6 Å². The molecule has 1 nitrogen and oxygen atoms in total. The molecule has 98 valence electrons. The van der Waals surface area contributed by atoms with Crippen molar-refractivity contribution in [2.45, 2.75) is 20.8 Å². The molecule has 0 aliphatic heterocycles. The number of benzene rings is 2. The van der Waals surface area contributed by atoms with E-state index < -0.39 is 17.4 Å². The molecule has 0 saturated carbocycles. The summed E-state index contributed by atoms with van der Waals surface area (Å²) in [6, 6.07) is 6.76. The molecular weight excluding hydrogens is 246 g/mol. The van der Waals surface area contributed by atoms with Crippen molar-refractivity contribution in [1.82, 2.24) is 0 Å². The van der Waals surface area contributed by atoms with Crippen LogP contribution in [0.1, 0.15) is 32.6 Å². The standard InChI is InChI=1S/C16H14F2O/c1-9-6-10(2)15(11(3)7-9)16(19)13-5-4-12(17)8-14(13)18/h4-8H,1-3H3. The summed E-state index contributed by atoms with van der Waals surface area (Å²) in [5.41, 5.74) is 3.02. The fraction of sp³-hybridized carbons (Fsp3) is 0.188. The lowest BCUT2D eigenvalue weighted by atomic mass is 9.93. The van der Waals surface area contributed by atoms with Crippen molar-refractivity contribution in [3.63, 3.8) is 0 Å². The van der Waals surface area contributed by atoms with E-state index >= 15 is 0 Å². The highest BCUT2D eigenvalue weighted by Gasteiger charge is 2.18. The molecule has 2 aromatic rings. The Morgan fingerprint density at radius 1 is 0.947 bits per heavy atom. The molecule has 19 heavy (non-hydrogen) atoms. The van der Waals surface area contributed by atoms with Crippen molar-refractivity contribution in [3.05, 3.63) is 69.8 Å². The van der Waals surface area contributed by atoms with Crippen LogP contribution < -0.4 is 0 Å². The number of rotatable bonds is 2. The molecule has 0 aromatic heterocycles. The summed E-state index contributed by atoms with van der Waals surface area (Å²) in [6.07, 6.45) is 0. The molecule has 2 aromatic carbocycles. The van der Waals surface area contributed by atoms with E-state index in [2.05, 4.69) is 0 Å². The largest absolute Gasteiger partial charge is 0.288 e. The Morgan fingerprint density at radius 2 is 1.53 bits per heavy atom. The highest BCUT2D eigenvalue weighted by atomic mass is 19.1. The Kier molecular flexibility index (Phi) is 3.47. The lowest BCUT2D eigenvalue weighted by Crippen LogP contribution is -2.09. The van der Waals surface area contributed by atoms with Gasteiger partial charge >= 0.3 is 0 Å². The van der Waals surface area contributed by atoms with E-state index in [9.17, 15) is 13.6 Å². The molecule has 0 heterocycles. The van der Waals surface area contributed by atoms with Gasteiger partial charge in [0.1, 0.15) is 11.6 Å². The smallest absolute Gasteiger partial charge is 0.196 e. The van der Waals surface area contributed by atoms with Crippen molar-refractivity contribution in [3.8, 4) is 0 Å². The topological polar surface area (TPSA) is 17.1 Å². The van der Waals surface area contributed by atoms with Crippen LogP contribution in [-0.2, 0) is 0 Å². The zero-order valence-electron chi connectivity index (χ0n) is 11.1. The molecule has 0 N–H and O–H groups in total. The van der Waals surface area contributed by atoms with Crippen molar-refractivity contribution in [2.75, 3.05) is 0 Å². The summed E-state index contributed by atoms with van der Waals surface area (Å²) < 4.78 is 26.5. The minimum Gasteiger partial charge on any atom is -0.288 e.